The number of hydrogen-bond acceptors (Lipinski definition) is 7. The average molecular weight is 434 g/mol. The van der Waals surface area contributed by atoms with Crippen molar-refractivity contribution in [2.45, 2.75) is 32.8 Å². The molecule has 0 amide bonds. The molecular weight excluding hydrogens is 408 g/mol. The molecule has 166 valence electrons. The zero-order valence-corrected chi connectivity index (χ0v) is 18.3. The Morgan fingerprint density at radius 2 is 2.12 bits per heavy atom. The Morgan fingerprint density at radius 3 is 2.97 bits per heavy atom. The second-order valence-electron chi connectivity index (χ2n) is 8.16. The minimum absolute atomic E-state index is 0.316. The third kappa shape index (κ3) is 4.24. The molecule has 0 aliphatic carbocycles. The molecule has 1 aliphatic heterocycles. The van der Waals surface area contributed by atoms with Crippen molar-refractivity contribution in [3.63, 3.8) is 0 Å². The molecule has 8 nitrogen and oxygen atoms in total. The van der Waals surface area contributed by atoms with E-state index in [1.54, 1.807) is 6.07 Å². The predicted octanol–water partition coefficient (Wildman–Crippen LogP) is 3.27. The quantitative estimate of drug-likeness (QED) is 0.353. The highest BCUT2D eigenvalue weighted by Gasteiger charge is 2.15. The Balaban J connectivity index is 1.31. The fourth-order valence-corrected chi connectivity index (χ4v) is 4.10. The van der Waals surface area contributed by atoms with Crippen LogP contribution >= 0.6 is 0 Å². The lowest BCUT2D eigenvalue weighted by molar-refractivity contribution is 0.109. The fourth-order valence-electron chi connectivity index (χ4n) is 4.10. The highest BCUT2D eigenvalue weighted by molar-refractivity contribution is 5.82. The number of imidazole rings is 1. The smallest absolute Gasteiger partial charge is 0.345 e. The van der Waals surface area contributed by atoms with Crippen molar-refractivity contribution in [3.05, 3.63) is 58.5 Å². The number of aromatic nitrogens is 3. The summed E-state index contributed by atoms with van der Waals surface area (Å²) in [6.07, 6.45) is 6.29. The molecule has 1 aromatic carbocycles. The second kappa shape index (κ2) is 8.72. The molecule has 8 heteroatoms. The number of fused-ring (bicyclic) bond motifs is 2. The topological polar surface area (TPSA) is 90.9 Å². The van der Waals surface area contributed by atoms with Crippen molar-refractivity contribution >= 4 is 16.6 Å². The van der Waals surface area contributed by atoms with Crippen molar-refractivity contribution in [1.29, 1.82) is 0 Å². The van der Waals surface area contributed by atoms with E-state index < -0.39 is 5.63 Å². The molecule has 0 radical (unpaired) electrons. The van der Waals surface area contributed by atoms with Crippen LogP contribution in [0.15, 0.2) is 45.9 Å². The van der Waals surface area contributed by atoms with E-state index in [0.29, 0.717) is 35.3 Å². The van der Waals surface area contributed by atoms with Gasteiger partial charge < -0.3 is 23.6 Å². The van der Waals surface area contributed by atoms with Gasteiger partial charge in [0, 0.05) is 43.5 Å². The van der Waals surface area contributed by atoms with Gasteiger partial charge in [0.15, 0.2) is 5.65 Å². The molecule has 32 heavy (non-hydrogen) atoms. The van der Waals surface area contributed by atoms with Gasteiger partial charge in [-0.25, -0.2) is 9.78 Å². The molecule has 4 aromatic rings. The van der Waals surface area contributed by atoms with Gasteiger partial charge in [-0.05, 0) is 44.9 Å². The van der Waals surface area contributed by atoms with Gasteiger partial charge in [0.1, 0.15) is 17.9 Å². The lowest BCUT2D eigenvalue weighted by Crippen LogP contribution is -2.29. The van der Waals surface area contributed by atoms with Gasteiger partial charge in [-0.3, -0.25) is 4.98 Å². The maximum absolute atomic E-state index is 12.7. The molecule has 1 saturated heterocycles. The summed E-state index contributed by atoms with van der Waals surface area (Å²) in [4.78, 5) is 21.7. The summed E-state index contributed by atoms with van der Waals surface area (Å²) in [6, 6.07) is 7.34. The van der Waals surface area contributed by atoms with Crippen molar-refractivity contribution in [1.82, 2.24) is 19.7 Å². The Morgan fingerprint density at radius 1 is 1.22 bits per heavy atom. The van der Waals surface area contributed by atoms with Crippen LogP contribution in [0.25, 0.3) is 27.9 Å². The Kier molecular flexibility index (Phi) is 5.63. The zero-order chi connectivity index (χ0) is 22.1. The molecule has 1 atom stereocenters. The molecule has 4 heterocycles. The van der Waals surface area contributed by atoms with E-state index in [1.165, 1.54) is 0 Å². The van der Waals surface area contributed by atoms with Crippen LogP contribution in [0.2, 0.25) is 0 Å². The van der Waals surface area contributed by atoms with Gasteiger partial charge in [-0.15, -0.1) is 0 Å². The lowest BCUT2D eigenvalue weighted by atomic mass is 10.1. The van der Waals surface area contributed by atoms with E-state index in [1.807, 2.05) is 48.8 Å². The number of benzene rings is 1. The second-order valence-corrected chi connectivity index (χ2v) is 8.16. The number of nitrogens with one attached hydrogen (secondary N) is 1. The van der Waals surface area contributed by atoms with Crippen LogP contribution < -0.4 is 15.7 Å². The first-order valence-electron chi connectivity index (χ1n) is 10.9. The van der Waals surface area contributed by atoms with E-state index in [0.717, 1.165) is 55.0 Å². The van der Waals surface area contributed by atoms with Crippen LogP contribution in [0, 0.1) is 13.8 Å². The molecule has 1 N–H and O–H groups in total. The normalized spacial score (nSPS) is 16.2. The van der Waals surface area contributed by atoms with Crippen LogP contribution in [-0.2, 0) is 4.74 Å². The summed E-state index contributed by atoms with van der Waals surface area (Å²) in [5, 5.41) is 4.16. The first-order valence-corrected chi connectivity index (χ1v) is 10.9. The Hall–Kier alpha value is -3.23. The summed E-state index contributed by atoms with van der Waals surface area (Å²) in [5.74, 6) is 0.664. The molecule has 0 saturated carbocycles. The van der Waals surface area contributed by atoms with Crippen molar-refractivity contribution < 1.29 is 13.9 Å². The SMILES string of the molecule is Cc1cn2cc(-c3cc4ccc(OCCNCC5CCCO5)cc4oc3=O)nc2c(C)n1. The van der Waals surface area contributed by atoms with Gasteiger partial charge in [-0.2, -0.15) is 0 Å². The number of ether oxygens (including phenoxy) is 2. The van der Waals surface area contributed by atoms with Gasteiger partial charge in [0.25, 0.3) is 0 Å². The molecule has 0 bridgehead atoms. The lowest BCUT2D eigenvalue weighted by Gasteiger charge is -2.11. The summed E-state index contributed by atoms with van der Waals surface area (Å²) in [5.41, 5.74) is 3.47. The maximum atomic E-state index is 12.7. The van der Waals surface area contributed by atoms with E-state index in [-0.39, 0.29) is 0 Å². The first kappa shape index (κ1) is 20.7. The van der Waals surface area contributed by atoms with E-state index in [2.05, 4.69) is 15.3 Å². The third-order valence-corrected chi connectivity index (χ3v) is 5.65. The average Bonchev–Trinajstić information content (AvgIpc) is 3.43. The largest absolute Gasteiger partial charge is 0.492 e. The van der Waals surface area contributed by atoms with Gasteiger partial charge >= 0.3 is 5.63 Å². The van der Waals surface area contributed by atoms with Crippen molar-refractivity contribution in [2.75, 3.05) is 26.3 Å². The van der Waals surface area contributed by atoms with Crippen molar-refractivity contribution in [3.8, 4) is 17.0 Å². The monoisotopic (exact) mass is 434 g/mol. The van der Waals surface area contributed by atoms with Crippen LogP contribution in [0.3, 0.4) is 0 Å². The van der Waals surface area contributed by atoms with Gasteiger partial charge in [0.05, 0.1) is 28.7 Å². The molecule has 1 fully saturated rings. The predicted molar refractivity (Wildman–Crippen MR) is 121 cm³/mol. The van der Waals surface area contributed by atoms with E-state index in [9.17, 15) is 4.79 Å². The minimum Gasteiger partial charge on any atom is -0.492 e. The summed E-state index contributed by atoms with van der Waals surface area (Å²) in [7, 11) is 0. The highest BCUT2D eigenvalue weighted by Crippen LogP contribution is 2.25. The number of aryl methyl sites for hydroxylation is 2. The van der Waals surface area contributed by atoms with E-state index >= 15 is 0 Å². The van der Waals surface area contributed by atoms with Crippen LogP contribution in [-0.4, -0.2) is 46.8 Å². The zero-order valence-electron chi connectivity index (χ0n) is 18.3. The molecule has 0 spiro atoms. The summed E-state index contributed by atoms with van der Waals surface area (Å²) >= 11 is 0. The van der Waals surface area contributed by atoms with Crippen LogP contribution in [0.4, 0.5) is 0 Å². The summed E-state index contributed by atoms with van der Waals surface area (Å²) in [6.45, 7) is 6.78. The fraction of sp³-hybridized carbons (Fsp3) is 0.375. The molecule has 3 aromatic heterocycles. The molecule has 5 rings (SSSR count). The number of hydrogen-bond donors (Lipinski definition) is 1. The Bertz CT molecular complexity index is 1320. The minimum atomic E-state index is -0.432. The number of nitrogens with zero attached hydrogens (tertiary/aromatic N) is 3. The summed E-state index contributed by atoms with van der Waals surface area (Å²) < 4.78 is 18.9. The first-order chi connectivity index (χ1) is 15.6. The van der Waals surface area contributed by atoms with Crippen molar-refractivity contribution in [2.24, 2.45) is 0 Å². The van der Waals surface area contributed by atoms with Gasteiger partial charge in [-0.1, -0.05) is 0 Å². The van der Waals surface area contributed by atoms with Gasteiger partial charge in [0.2, 0.25) is 0 Å². The standard InChI is InChI=1S/C24H26N4O4/c1-15-13-28-14-21(27-23(28)16(2)26-15)20-10-17-5-6-18(11-22(17)32-24(20)29)31-9-7-25-12-19-4-3-8-30-19/h5-6,10-11,13-14,19,25H,3-4,7-9,12H2,1-2H3. The molecule has 1 unspecified atom stereocenters. The number of rotatable bonds is 7. The maximum Gasteiger partial charge on any atom is 0.345 e. The molecule has 1 aliphatic rings. The molecular formula is C24H26N4O4. The van der Waals surface area contributed by atoms with E-state index in [4.69, 9.17) is 13.9 Å². The van der Waals surface area contributed by atoms with Crippen LogP contribution in [0.5, 0.6) is 5.75 Å². The Labute approximate surface area is 185 Å². The third-order valence-electron chi connectivity index (χ3n) is 5.65. The highest BCUT2D eigenvalue weighted by atomic mass is 16.5. The van der Waals surface area contributed by atoms with Crippen LogP contribution in [0.1, 0.15) is 24.2 Å².